The average Bonchev–Trinajstić information content (AvgIpc) is 3.86. The smallest absolute Gasteiger partial charge is 0.305 e. The predicted octanol–water partition coefficient (Wildman–Crippen LogP) is 4.09. The molecule has 3 aromatic carbocycles. The first-order valence-corrected chi connectivity index (χ1v) is 14.1. The van der Waals surface area contributed by atoms with E-state index in [1.165, 1.54) is 31.4 Å². The molecule has 11 heteroatoms. The van der Waals surface area contributed by atoms with Crippen molar-refractivity contribution in [1.82, 2.24) is 10.2 Å². The minimum atomic E-state index is -1.13. The summed E-state index contributed by atoms with van der Waals surface area (Å²) in [7, 11) is 1.51. The van der Waals surface area contributed by atoms with Crippen LogP contribution in [0.1, 0.15) is 51.6 Å². The van der Waals surface area contributed by atoms with E-state index < -0.39 is 36.1 Å². The van der Waals surface area contributed by atoms with Gasteiger partial charge in [-0.25, -0.2) is 4.39 Å². The number of ether oxygens (including phenoxy) is 1. The van der Waals surface area contributed by atoms with Gasteiger partial charge in [0.1, 0.15) is 11.6 Å². The first kappa shape index (κ1) is 29.6. The van der Waals surface area contributed by atoms with E-state index in [-0.39, 0.29) is 17.4 Å². The van der Waals surface area contributed by atoms with Crippen molar-refractivity contribution in [3.05, 3.63) is 89.2 Å². The summed E-state index contributed by atoms with van der Waals surface area (Å²) in [5.41, 5.74) is 2.08. The van der Waals surface area contributed by atoms with Gasteiger partial charge < -0.3 is 30.3 Å². The molecule has 0 radical (unpaired) electrons. The van der Waals surface area contributed by atoms with Crippen LogP contribution >= 0.6 is 0 Å². The number of hydrogen-bond acceptors (Lipinski definition) is 6. The van der Waals surface area contributed by atoms with Crippen LogP contribution in [0.15, 0.2) is 66.7 Å². The fourth-order valence-corrected chi connectivity index (χ4v) is 5.13. The Morgan fingerprint density at radius 2 is 1.63 bits per heavy atom. The van der Waals surface area contributed by atoms with Crippen molar-refractivity contribution in [1.29, 1.82) is 0 Å². The maximum atomic E-state index is 13.5. The molecule has 224 valence electrons. The Morgan fingerprint density at radius 1 is 0.930 bits per heavy atom. The van der Waals surface area contributed by atoms with Gasteiger partial charge in [0.2, 0.25) is 5.91 Å². The van der Waals surface area contributed by atoms with Crippen molar-refractivity contribution in [2.24, 2.45) is 5.92 Å². The van der Waals surface area contributed by atoms with Crippen LogP contribution in [0, 0.1) is 11.7 Å². The molecule has 3 amide bonds. The van der Waals surface area contributed by atoms with Gasteiger partial charge in [-0.05, 0) is 66.9 Å². The molecule has 0 bridgehead atoms. The molecule has 43 heavy (non-hydrogen) atoms. The van der Waals surface area contributed by atoms with Gasteiger partial charge in [-0.15, -0.1) is 0 Å². The maximum Gasteiger partial charge on any atom is 0.305 e. The second kappa shape index (κ2) is 12.9. The van der Waals surface area contributed by atoms with Gasteiger partial charge in [-0.2, -0.15) is 0 Å². The SMILES string of the molecule is COc1cccc(C(=O)Nc2cc(C(=O)NC(CC(=O)O)c3ccc(F)cc3)ccc2N2CCN(C(=O)C3CC3)CC2)c1. The monoisotopic (exact) mass is 588 g/mol. The van der Waals surface area contributed by atoms with Crippen LogP contribution in [0.2, 0.25) is 0 Å². The third kappa shape index (κ3) is 7.29. The molecule has 1 aliphatic carbocycles. The predicted molar refractivity (Wildman–Crippen MR) is 158 cm³/mol. The van der Waals surface area contributed by atoms with Gasteiger partial charge in [0.25, 0.3) is 11.8 Å². The average molecular weight is 589 g/mol. The molecule has 1 aliphatic heterocycles. The minimum absolute atomic E-state index is 0.141. The highest BCUT2D eigenvalue weighted by molar-refractivity contribution is 6.07. The molecule has 1 saturated carbocycles. The second-order valence-corrected chi connectivity index (χ2v) is 10.7. The Hall–Kier alpha value is -4.93. The summed E-state index contributed by atoms with van der Waals surface area (Å²) in [6.07, 6.45) is 1.48. The van der Waals surface area contributed by atoms with Crippen LogP contribution < -0.4 is 20.3 Å². The molecule has 0 aromatic heterocycles. The number of halogens is 1. The Bertz CT molecular complexity index is 1520. The molecular formula is C32H33FN4O6. The molecule has 3 aromatic rings. The molecule has 1 heterocycles. The van der Waals surface area contributed by atoms with E-state index in [0.29, 0.717) is 54.4 Å². The molecule has 2 fully saturated rings. The highest BCUT2D eigenvalue weighted by Crippen LogP contribution is 2.33. The summed E-state index contributed by atoms with van der Waals surface area (Å²) >= 11 is 0. The molecule has 3 N–H and O–H groups in total. The van der Waals surface area contributed by atoms with Gasteiger partial charge in [-0.3, -0.25) is 19.2 Å². The zero-order chi connectivity index (χ0) is 30.5. The molecule has 1 atom stereocenters. The van der Waals surface area contributed by atoms with Gasteiger partial charge in [-0.1, -0.05) is 18.2 Å². The third-order valence-corrected chi connectivity index (χ3v) is 7.65. The number of hydrogen-bond donors (Lipinski definition) is 3. The first-order chi connectivity index (χ1) is 20.7. The van der Waals surface area contributed by atoms with Crippen molar-refractivity contribution >= 4 is 35.1 Å². The largest absolute Gasteiger partial charge is 0.497 e. The summed E-state index contributed by atoms with van der Waals surface area (Å²) in [6.45, 7) is 2.21. The number of carboxylic acid groups (broad SMARTS) is 1. The molecule has 0 spiro atoms. The Morgan fingerprint density at radius 3 is 2.28 bits per heavy atom. The summed E-state index contributed by atoms with van der Waals surface area (Å²) < 4.78 is 18.7. The number of carbonyl (C=O) groups is 4. The lowest BCUT2D eigenvalue weighted by molar-refractivity contribution is -0.137. The number of methoxy groups -OCH3 is 1. The van der Waals surface area contributed by atoms with E-state index in [0.717, 1.165) is 12.8 Å². The van der Waals surface area contributed by atoms with Crippen LogP contribution in [0.5, 0.6) is 5.75 Å². The van der Waals surface area contributed by atoms with Crippen LogP contribution in [-0.4, -0.2) is 67.0 Å². The van der Waals surface area contributed by atoms with Crippen LogP contribution in [0.4, 0.5) is 15.8 Å². The molecule has 5 rings (SSSR count). The first-order valence-electron chi connectivity index (χ1n) is 14.1. The van der Waals surface area contributed by atoms with Crippen LogP contribution in [-0.2, 0) is 9.59 Å². The lowest BCUT2D eigenvalue weighted by atomic mass is 10.0. The number of piperazine rings is 1. The quantitative estimate of drug-likeness (QED) is 0.326. The van der Waals surface area contributed by atoms with E-state index in [9.17, 15) is 28.7 Å². The number of nitrogens with zero attached hydrogens (tertiary/aromatic N) is 2. The Balaban J connectivity index is 1.40. The van der Waals surface area contributed by atoms with Crippen molar-refractivity contribution in [3.63, 3.8) is 0 Å². The van der Waals surface area contributed by atoms with Gasteiger partial charge >= 0.3 is 5.97 Å². The maximum absolute atomic E-state index is 13.5. The molecular weight excluding hydrogens is 555 g/mol. The summed E-state index contributed by atoms with van der Waals surface area (Å²) in [4.78, 5) is 54.7. The minimum Gasteiger partial charge on any atom is -0.497 e. The van der Waals surface area contributed by atoms with Gasteiger partial charge in [0.05, 0.1) is 30.9 Å². The summed E-state index contributed by atoms with van der Waals surface area (Å²) in [5, 5.41) is 15.1. The fraction of sp³-hybridized carbons (Fsp3) is 0.312. The summed E-state index contributed by atoms with van der Waals surface area (Å²) in [6, 6.07) is 15.9. The number of benzene rings is 3. The number of carbonyl (C=O) groups excluding carboxylic acids is 3. The van der Waals surface area contributed by atoms with E-state index >= 15 is 0 Å². The molecule has 2 aliphatic rings. The van der Waals surface area contributed by atoms with Crippen molar-refractivity contribution in [3.8, 4) is 5.75 Å². The zero-order valence-electron chi connectivity index (χ0n) is 23.7. The van der Waals surface area contributed by atoms with Crippen molar-refractivity contribution in [2.45, 2.75) is 25.3 Å². The third-order valence-electron chi connectivity index (χ3n) is 7.65. The van der Waals surface area contributed by atoms with Crippen molar-refractivity contribution < 1.29 is 33.4 Å². The van der Waals surface area contributed by atoms with Gasteiger partial charge in [0, 0.05) is 43.2 Å². The lowest BCUT2D eigenvalue weighted by Gasteiger charge is -2.37. The lowest BCUT2D eigenvalue weighted by Crippen LogP contribution is -2.49. The normalized spacial score (nSPS) is 15.4. The second-order valence-electron chi connectivity index (χ2n) is 10.7. The zero-order valence-corrected chi connectivity index (χ0v) is 23.7. The molecule has 1 unspecified atom stereocenters. The van der Waals surface area contributed by atoms with E-state index in [4.69, 9.17) is 4.74 Å². The fourth-order valence-electron chi connectivity index (χ4n) is 5.13. The summed E-state index contributed by atoms with van der Waals surface area (Å²) in [5.74, 6) is -1.72. The topological polar surface area (TPSA) is 128 Å². The van der Waals surface area contributed by atoms with E-state index in [2.05, 4.69) is 15.5 Å². The Kier molecular flexibility index (Phi) is 8.89. The molecule has 10 nitrogen and oxygen atoms in total. The highest BCUT2D eigenvalue weighted by atomic mass is 19.1. The molecule has 1 saturated heterocycles. The number of nitrogens with one attached hydrogen (secondary N) is 2. The van der Waals surface area contributed by atoms with Gasteiger partial charge in [0.15, 0.2) is 0 Å². The number of rotatable bonds is 10. The number of anilines is 2. The highest BCUT2D eigenvalue weighted by Gasteiger charge is 2.35. The standard InChI is InChI=1S/C32H33FN4O6/c1-43-25-4-2-3-22(17-25)30(40)35-27-18-23(31(41)34-26(19-29(38)39)20-7-10-24(33)11-8-20)9-12-28(27)36-13-15-37(16-14-36)32(42)21-5-6-21/h2-4,7-12,17-18,21,26H,5-6,13-16,19H2,1H3,(H,34,41)(H,35,40)(H,38,39). The number of aliphatic carboxylic acids is 1. The Labute approximate surface area is 248 Å². The number of carboxylic acids is 1. The van der Waals surface area contributed by atoms with E-state index in [1.807, 2.05) is 4.90 Å². The van der Waals surface area contributed by atoms with E-state index in [1.54, 1.807) is 42.5 Å². The van der Waals surface area contributed by atoms with Crippen LogP contribution in [0.25, 0.3) is 0 Å². The number of amides is 3. The van der Waals surface area contributed by atoms with Crippen molar-refractivity contribution in [2.75, 3.05) is 43.5 Å². The van der Waals surface area contributed by atoms with Crippen LogP contribution in [0.3, 0.4) is 0 Å².